The Morgan fingerprint density at radius 3 is 1.31 bits per heavy atom. The zero-order valence-electron chi connectivity index (χ0n) is 34.4. The van der Waals surface area contributed by atoms with Crippen LogP contribution in [0.5, 0.6) is 0 Å². The minimum Gasteiger partial charge on any atom is -0.341 e. The number of rotatable bonds is 9. The van der Waals surface area contributed by atoms with E-state index >= 15 is 0 Å². The molecule has 59 heavy (non-hydrogen) atoms. The van der Waals surface area contributed by atoms with Gasteiger partial charge in [0.2, 0.25) is 0 Å². The molecule has 0 saturated carbocycles. The van der Waals surface area contributed by atoms with Gasteiger partial charge in [0.05, 0.1) is 0 Å². The fourth-order valence-corrected chi connectivity index (χ4v) is 10.1. The number of nitrogens with zero attached hydrogens (tertiary/aromatic N) is 2. The highest BCUT2D eigenvalue weighted by atomic mass is 15.1. The van der Waals surface area contributed by atoms with E-state index in [0.29, 0.717) is 0 Å². The van der Waals surface area contributed by atoms with Gasteiger partial charge in [-0.3, -0.25) is 0 Å². The van der Waals surface area contributed by atoms with Crippen LogP contribution >= 0.6 is 0 Å². The smallest absolute Gasteiger partial charge is 0.0443 e. The van der Waals surface area contributed by atoms with Gasteiger partial charge in [-0.15, -0.1) is 0 Å². The summed E-state index contributed by atoms with van der Waals surface area (Å²) >= 11 is 0. The Bertz CT molecular complexity index is 2680. The summed E-state index contributed by atoms with van der Waals surface area (Å²) in [5.74, 6) is 0. The van der Waals surface area contributed by atoms with Crippen LogP contribution in [0.2, 0.25) is 0 Å². The van der Waals surface area contributed by atoms with E-state index < -0.39 is 0 Å². The summed E-state index contributed by atoms with van der Waals surface area (Å²) in [6, 6.07) is 59.0. The lowest BCUT2D eigenvalue weighted by molar-refractivity contribution is 0.490. The first-order valence-electron chi connectivity index (χ1n) is 21.8. The van der Waals surface area contributed by atoms with Gasteiger partial charge in [-0.25, -0.2) is 0 Å². The molecule has 0 radical (unpaired) electrons. The molecule has 0 N–H and O–H groups in total. The van der Waals surface area contributed by atoms with Gasteiger partial charge in [0.15, 0.2) is 0 Å². The second-order valence-electron chi connectivity index (χ2n) is 16.6. The van der Waals surface area contributed by atoms with Crippen molar-refractivity contribution in [3.63, 3.8) is 0 Å². The van der Waals surface area contributed by atoms with Crippen molar-refractivity contribution in [2.45, 2.75) is 57.8 Å². The molecule has 2 nitrogen and oxygen atoms in total. The molecule has 0 unspecified atom stereocenters. The van der Waals surface area contributed by atoms with E-state index in [1.165, 1.54) is 102 Å². The lowest BCUT2D eigenvalue weighted by Gasteiger charge is -2.31. The molecule has 2 aliphatic heterocycles. The Labute approximate surface area is 350 Å². The first kappa shape index (κ1) is 36.9. The van der Waals surface area contributed by atoms with E-state index in [9.17, 15) is 0 Å². The molecular formula is C57H52N2. The van der Waals surface area contributed by atoms with E-state index in [1.807, 2.05) is 0 Å². The van der Waals surface area contributed by atoms with Gasteiger partial charge < -0.3 is 9.80 Å². The van der Waals surface area contributed by atoms with Crippen LogP contribution in [0, 0.1) is 0 Å². The van der Waals surface area contributed by atoms with Gasteiger partial charge in [0.25, 0.3) is 0 Å². The molecule has 2 heterocycles. The maximum atomic E-state index is 2.47. The Morgan fingerprint density at radius 1 is 0.441 bits per heavy atom. The largest absolute Gasteiger partial charge is 0.341 e. The van der Waals surface area contributed by atoms with Crippen molar-refractivity contribution in [1.29, 1.82) is 0 Å². The van der Waals surface area contributed by atoms with Crippen molar-refractivity contribution < 1.29 is 0 Å². The predicted molar refractivity (Wildman–Crippen MR) is 253 cm³/mol. The van der Waals surface area contributed by atoms with Crippen molar-refractivity contribution in [2.75, 3.05) is 22.9 Å². The maximum Gasteiger partial charge on any atom is 0.0443 e. The number of aryl methyl sites for hydroxylation is 2. The van der Waals surface area contributed by atoms with Crippen molar-refractivity contribution in [3.8, 4) is 22.3 Å². The molecule has 0 saturated heterocycles. The third-order valence-electron chi connectivity index (χ3n) is 13.4. The van der Waals surface area contributed by atoms with Gasteiger partial charge >= 0.3 is 0 Å². The molecular weight excluding hydrogens is 713 g/mol. The Balaban J connectivity index is 0.836. The van der Waals surface area contributed by atoms with Crippen LogP contribution < -0.4 is 9.80 Å². The SMILES string of the molecule is CCC1(CC)c2cc(/C=C/c3ccc(-c4ccc(N5CCCc6ccccc65)cc4)cc3)ccc2-c2ccc(/C=C/c3ccc(N4CCCc5ccccc54)cc3)cc21. The number of hydrogen-bond acceptors (Lipinski definition) is 2. The lowest BCUT2D eigenvalue weighted by atomic mass is 9.73. The molecule has 0 amide bonds. The van der Waals surface area contributed by atoms with Crippen LogP contribution in [0.4, 0.5) is 22.7 Å². The molecule has 0 fully saturated rings. The first-order chi connectivity index (χ1) is 29.1. The van der Waals surface area contributed by atoms with Crippen LogP contribution in [0.25, 0.3) is 46.6 Å². The number of fused-ring (bicyclic) bond motifs is 5. The number of hydrogen-bond donors (Lipinski definition) is 0. The van der Waals surface area contributed by atoms with Crippen LogP contribution in [-0.4, -0.2) is 13.1 Å². The fourth-order valence-electron chi connectivity index (χ4n) is 10.1. The number of para-hydroxylation sites is 2. The third-order valence-corrected chi connectivity index (χ3v) is 13.4. The molecule has 10 rings (SSSR count). The maximum absolute atomic E-state index is 2.47. The van der Waals surface area contributed by atoms with Crippen LogP contribution in [0.1, 0.15) is 84.0 Å². The summed E-state index contributed by atoms with van der Waals surface area (Å²) in [4.78, 5) is 4.93. The summed E-state index contributed by atoms with van der Waals surface area (Å²) in [5.41, 5.74) is 21.2. The predicted octanol–water partition coefficient (Wildman–Crippen LogP) is 14.9. The average molecular weight is 765 g/mol. The van der Waals surface area contributed by atoms with Gasteiger partial charge in [-0.05, 0) is 142 Å². The van der Waals surface area contributed by atoms with E-state index in [-0.39, 0.29) is 5.41 Å². The zero-order chi connectivity index (χ0) is 39.8. The second kappa shape index (κ2) is 15.8. The van der Waals surface area contributed by atoms with E-state index in [1.54, 1.807) is 0 Å². The Kier molecular flexibility index (Phi) is 9.86. The summed E-state index contributed by atoms with van der Waals surface area (Å²) in [6.45, 7) is 6.85. The quantitative estimate of drug-likeness (QED) is 0.135. The second-order valence-corrected chi connectivity index (χ2v) is 16.6. The van der Waals surface area contributed by atoms with Gasteiger partial charge in [0.1, 0.15) is 0 Å². The molecule has 0 aromatic heterocycles. The summed E-state index contributed by atoms with van der Waals surface area (Å²) < 4.78 is 0. The highest BCUT2D eigenvalue weighted by Crippen LogP contribution is 2.53. The Hall–Kier alpha value is -6.38. The summed E-state index contributed by atoms with van der Waals surface area (Å²) in [5, 5.41) is 0. The normalized spacial score (nSPS) is 15.3. The lowest BCUT2D eigenvalue weighted by Crippen LogP contribution is -2.24. The Morgan fingerprint density at radius 2 is 0.831 bits per heavy atom. The molecule has 3 aliphatic rings. The molecule has 7 aromatic rings. The third kappa shape index (κ3) is 6.91. The number of anilines is 4. The molecule has 290 valence electrons. The van der Waals surface area contributed by atoms with E-state index in [4.69, 9.17) is 0 Å². The van der Waals surface area contributed by atoms with Gasteiger partial charge in [0, 0.05) is 41.3 Å². The molecule has 0 atom stereocenters. The van der Waals surface area contributed by atoms with Crippen molar-refractivity contribution in [1.82, 2.24) is 0 Å². The van der Waals surface area contributed by atoms with Crippen LogP contribution in [-0.2, 0) is 18.3 Å². The highest BCUT2D eigenvalue weighted by Gasteiger charge is 2.40. The molecule has 7 aromatic carbocycles. The molecule has 0 spiro atoms. The zero-order valence-corrected chi connectivity index (χ0v) is 34.4. The molecule has 2 heteroatoms. The van der Waals surface area contributed by atoms with Crippen LogP contribution in [0.15, 0.2) is 158 Å². The van der Waals surface area contributed by atoms with Crippen molar-refractivity contribution >= 4 is 47.1 Å². The van der Waals surface area contributed by atoms with E-state index in [2.05, 4.69) is 206 Å². The van der Waals surface area contributed by atoms with Gasteiger partial charge in [-0.1, -0.05) is 159 Å². The molecule has 0 bridgehead atoms. The number of benzene rings is 7. The summed E-state index contributed by atoms with van der Waals surface area (Å²) in [7, 11) is 0. The van der Waals surface area contributed by atoms with E-state index in [0.717, 1.165) is 38.8 Å². The monoisotopic (exact) mass is 764 g/mol. The topological polar surface area (TPSA) is 6.48 Å². The minimum absolute atomic E-state index is 0.000664. The van der Waals surface area contributed by atoms with Crippen molar-refractivity contribution in [2.24, 2.45) is 0 Å². The van der Waals surface area contributed by atoms with Crippen molar-refractivity contribution in [3.05, 3.63) is 202 Å². The molecule has 1 aliphatic carbocycles. The van der Waals surface area contributed by atoms with Gasteiger partial charge in [-0.2, -0.15) is 0 Å². The summed E-state index contributed by atoms with van der Waals surface area (Å²) in [6.07, 6.45) is 15.9. The minimum atomic E-state index is -0.000664. The first-order valence-corrected chi connectivity index (χ1v) is 21.8. The average Bonchev–Trinajstić information content (AvgIpc) is 3.58. The standard InChI is InChI=1S/C57H52N2/c1-3-57(4-2)53-39-43(19-17-41-21-27-45(28-22-41)46-29-33-50(34-30-46)59-38-10-14-48-12-6-8-16-56(48)59)25-35-51(53)52-36-26-44(40-54(52)57)20-18-42-23-31-49(32-24-42)58-37-9-13-47-11-5-7-15-55(47)58/h5-8,11-12,15-36,39-40H,3-4,9-10,13-14,37-38H2,1-2H3/b19-17+,20-18+. The highest BCUT2D eigenvalue weighted by molar-refractivity contribution is 5.85. The fraction of sp³-hybridized carbons (Fsp3) is 0.193. The van der Waals surface area contributed by atoms with Crippen LogP contribution in [0.3, 0.4) is 0 Å².